The van der Waals surface area contributed by atoms with E-state index in [1.54, 1.807) is 38.2 Å². The van der Waals surface area contributed by atoms with E-state index in [2.05, 4.69) is 23.4 Å². The molecule has 1 saturated heterocycles. The number of urea groups is 2. The molecule has 96 valence electrons. The minimum Gasteiger partial charge on any atom is -0.305 e. The van der Waals surface area contributed by atoms with Gasteiger partial charge in [-0.25, -0.2) is 24.9 Å². The molecule has 0 bridgehead atoms. The molecule has 18 heavy (non-hydrogen) atoms. The lowest BCUT2D eigenvalue weighted by molar-refractivity contribution is 0.119. The third-order valence-corrected chi connectivity index (χ3v) is 2.91. The molecular formula is C11H14N4O2S. The van der Waals surface area contributed by atoms with Gasteiger partial charge in [-0.2, -0.15) is 0 Å². The number of anilines is 1. The van der Waals surface area contributed by atoms with Crippen LogP contribution in [-0.2, 0) is 0 Å². The summed E-state index contributed by atoms with van der Waals surface area (Å²) >= 11 is 4.25. The molecular weight excluding hydrogens is 252 g/mol. The number of thiol groups is 1. The second-order valence-corrected chi connectivity index (χ2v) is 4.83. The van der Waals surface area contributed by atoms with E-state index in [1.807, 2.05) is 6.07 Å². The molecule has 1 heterocycles. The van der Waals surface area contributed by atoms with Crippen molar-refractivity contribution < 1.29 is 9.59 Å². The largest absolute Gasteiger partial charge is 0.349 e. The average Bonchev–Trinajstić information content (AvgIpc) is 2.29. The van der Waals surface area contributed by atoms with E-state index >= 15 is 0 Å². The molecule has 0 spiro atoms. The Morgan fingerprint density at radius 3 is 2.44 bits per heavy atom. The number of benzene rings is 1. The molecule has 1 unspecified atom stereocenters. The monoisotopic (exact) mass is 266 g/mol. The van der Waals surface area contributed by atoms with E-state index in [9.17, 15) is 9.59 Å². The molecule has 1 aromatic rings. The van der Waals surface area contributed by atoms with Gasteiger partial charge in [0.2, 0.25) is 0 Å². The van der Waals surface area contributed by atoms with Crippen molar-refractivity contribution in [3.05, 3.63) is 30.3 Å². The molecule has 0 aliphatic carbocycles. The van der Waals surface area contributed by atoms with E-state index in [1.165, 1.54) is 5.01 Å². The van der Waals surface area contributed by atoms with Crippen LogP contribution < -0.4 is 15.6 Å². The molecule has 1 fully saturated rings. The van der Waals surface area contributed by atoms with Crippen molar-refractivity contribution in [1.82, 2.24) is 15.8 Å². The molecule has 2 N–H and O–H groups in total. The summed E-state index contributed by atoms with van der Waals surface area (Å²) in [5.74, 6) is 0. The van der Waals surface area contributed by atoms with Crippen LogP contribution in [0.3, 0.4) is 0 Å². The summed E-state index contributed by atoms with van der Waals surface area (Å²) in [5, 5.41) is 3.87. The number of hydrazine groups is 1. The van der Waals surface area contributed by atoms with Gasteiger partial charge in [0, 0.05) is 7.05 Å². The van der Waals surface area contributed by atoms with Crippen molar-refractivity contribution in [1.29, 1.82) is 0 Å². The van der Waals surface area contributed by atoms with Gasteiger partial charge in [0.25, 0.3) is 0 Å². The van der Waals surface area contributed by atoms with E-state index in [-0.39, 0.29) is 0 Å². The summed E-state index contributed by atoms with van der Waals surface area (Å²) < 4.78 is 0. The van der Waals surface area contributed by atoms with E-state index in [0.717, 1.165) is 4.90 Å². The van der Waals surface area contributed by atoms with Crippen LogP contribution in [0.15, 0.2) is 30.3 Å². The quantitative estimate of drug-likeness (QED) is 0.708. The molecule has 0 saturated carbocycles. The number of imide groups is 1. The van der Waals surface area contributed by atoms with Crippen molar-refractivity contribution in [2.24, 2.45) is 0 Å². The van der Waals surface area contributed by atoms with Gasteiger partial charge in [-0.1, -0.05) is 18.2 Å². The maximum atomic E-state index is 12.3. The number of carbonyl (C=O) groups excluding carboxylic acids is 2. The van der Waals surface area contributed by atoms with Gasteiger partial charge in [-0.15, -0.1) is 12.6 Å². The van der Waals surface area contributed by atoms with Crippen LogP contribution in [0.4, 0.5) is 15.3 Å². The molecule has 6 nitrogen and oxygen atoms in total. The summed E-state index contributed by atoms with van der Waals surface area (Å²) in [6.07, 6.45) is 0. The fourth-order valence-corrected chi connectivity index (χ4v) is 2.09. The molecule has 1 aromatic carbocycles. The molecule has 2 rings (SSSR count). The third-order valence-electron chi connectivity index (χ3n) is 2.60. The summed E-state index contributed by atoms with van der Waals surface area (Å²) in [7, 11) is 1.59. The number of carbonyl (C=O) groups is 2. The van der Waals surface area contributed by atoms with Crippen molar-refractivity contribution in [2.75, 3.05) is 11.9 Å². The second kappa shape index (κ2) is 4.51. The zero-order chi connectivity index (χ0) is 13.3. The van der Waals surface area contributed by atoms with Gasteiger partial charge in [-0.05, 0) is 19.1 Å². The van der Waals surface area contributed by atoms with Crippen LogP contribution in [0.2, 0.25) is 0 Å². The average molecular weight is 266 g/mol. The number of hydrogen-bond acceptors (Lipinski definition) is 4. The van der Waals surface area contributed by atoms with Crippen LogP contribution in [-0.4, -0.2) is 29.1 Å². The van der Waals surface area contributed by atoms with Crippen LogP contribution >= 0.6 is 12.6 Å². The van der Waals surface area contributed by atoms with Crippen LogP contribution in [0, 0.1) is 0 Å². The van der Waals surface area contributed by atoms with Crippen molar-refractivity contribution in [3.8, 4) is 0 Å². The predicted molar refractivity (Wildman–Crippen MR) is 71.1 cm³/mol. The number of rotatable bonds is 2. The third kappa shape index (κ3) is 2.02. The van der Waals surface area contributed by atoms with Crippen LogP contribution in [0.1, 0.15) is 6.92 Å². The van der Waals surface area contributed by atoms with Crippen LogP contribution in [0.25, 0.3) is 0 Å². The highest BCUT2D eigenvalue weighted by Gasteiger charge is 2.44. The number of nitrogens with zero attached hydrogens (tertiary/aromatic N) is 2. The molecule has 1 atom stereocenters. The lowest BCUT2D eigenvalue weighted by Crippen LogP contribution is -2.72. The van der Waals surface area contributed by atoms with Gasteiger partial charge in [-0.3, -0.25) is 0 Å². The number of nitrogens with one attached hydrogen (secondary N) is 2. The van der Waals surface area contributed by atoms with Gasteiger partial charge in [0.05, 0.1) is 5.69 Å². The van der Waals surface area contributed by atoms with Crippen molar-refractivity contribution in [3.63, 3.8) is 0 Å². The molecule has 1 aliphatic rings. The predicted octanol–water partition coefficient (Wildman–Crippen LogP) is 1.38. The minimum absolute atomic E-state index is 0.482. The second-order valence-electron chi connectivity index (χ2n) is 3.96. The van der Waals surface area contributed by atoms with Gasteiger partial charge >= 0.3 is 12.1 Å². The Hall–Kier alpha value is -1.73. The first-order valence-electron chi connectivity index (χ1n) is 5.38. The minimum atomic E-state index is -1.08. The first-order valence-corrected chi connectivity index (χ1v) is 5.83. The summed E-state index contributed by atoms with van der Waals surface area (Å²) in [4.78, 5) is 24.2. The van der Waals surface area contributed by atoms with Gasteiger partial charge < -0.3 is 5.32 Å². The maximum absolute atomic E-state index is 12.3. The van der Waals surface area contributed by atoms with Gasteiger partial charge in [0.15, 0.2) is 4.99 Å². The van der Waals surface area contributed by atoms with Crippen LogP contribution in [0.5, 0.6) is 0 Å². The lowest BCUT2D eigenvalue weighted by atomic mass is 10.3. The van der Waals surface area contributed by atoms with E-state index in [4.69, 9.17) is 0 Å². The normalized spacial score (nSPS) is 24.2. The molecule has 7 heteroatoms. The number of hydrogen-bond donors (Lipinski definition) is 3. The zero-order valence-corrected chi connectivity index (χ0v) is 10.9. The van der Waals surface area contributed by atoms with E-state index in [0.29, 0.717) is 5.69 Å². The molecule has 0 aromatic heterocycles. The fourth-order valence-electron chi connectivity index (χ4n) is 1.81. The van der Waals surface area contributed by atoms with E-state index < -0.39 is 17.1 Å². The molecule has 1 aliphatic heterocycles. The standard InChI is InChI=1S/C11H14N4O2S/c1-11(18)13-9(16)14(10(17)15(11)12-2)8-6-4-3-5-7-8/h3-7,12,18H,1-2H3,(H,13,16). The zero-order valence-electron chi connectivity index (χ0n) is 10.0. The highest BCUT2D eigenvalue weighted by atomic mass is 32.1. The SMILES string of the molecule is CNN1C(=O)N(c2ccccc2)C(=O)NC1(C)S. The Morgan fingerprint density at radius 1 is 1.28 bits per heavy atom. The Bertz CT molecular complexity index is 477. The Balaban J connectivity index is 2.39. The fraction of sp³-hybridized carbons (Fsp3) is 0.273. The first kappa shape index (κ1) is 12.7. The Labute approximate surface area is 110 Å². The first-order chi connectivity index (χ1) is 8.47. The highest BCUT2D eigenvalue weighted by Crippen LogP contribution is 2.25. The Morgan fingerprint density at radius 2 is 1.89 bits per heavy atom. The summed E-state index contributed by atoms with van der Waals surface area (Å²) in [6, 6.07) is 7.72. The number of para-hydroxylation sites is 1. The van der Waals surface area contributed by atoms with Crippen molar-refractivity contribution in [2.45, 2.75) is 11.9 Å². The Kier molecular flexibility index (Phi) is 3.18. The summed E-state index contributed by atoms with van der Waals surface area (Å²) in [6.45, 7) is 1.62. The number of amides is 4. The topological polar surface area (TPSA) is 64.7 Å². The smallest absolute Gasteiger partial charge is 0.305 e. The summed E-state index contributed by atoms with van der Waals surface area (Å²) in [5.41, 5.74) is 3.22. The maximum Gasteiger partial charge on any atom is 0.349 e. The van der Waals surface area contributed by atoms with Gasteiger partial charge in [0.1, 0.15) is 0 Å². The highest BCUT2D eigenvalue weighted by molar-refractivity contribution is 7.81. The molecule has 0 radical (unpaired) electrons. The molecule has 4 amide bonds. The van der Waals surface area contributed by atoms with Crippen molar-refractivity contribution >= 4 is 30.4 Å². The lowest BCUT2D eigenvalue weighted by Gasteiger charge is -2.44.